The molecule has 1 aromatic rings. The van der Waals surface area contributed by atoms with Crippen LogP contribution in [0.3, 0.4) is 0 Å². The van der Waals surface area contributed by atoms with Crippen LogP contribution in [0.1, 0.15) is 65.4 Å². The van der Waals surface area contributed by atoms with Crippen LogP contribution < -0.4 is 5.32 Å². The molecule has 1 saturated carbocycles. The first-order chi connectivity index (χ1) is 15.1. The number of cyclic esters (lactones) is 1. The van der Waals surface area contributed by atoms with Gasteiger partial charge in [-0.25, -0.2) is 14.0 Å². The molecule has 4 unspecified atom stereocenters. The maximum atomic E-state index is 13.4. The standard InChI is InChI=1S/C25H36FNO5/c1-16-22(30-15-18-8-9-18)19(14-17-10-12-20(26)13-11-17)6-5-7-21(23(28)31-16)27-24(29)32-25(2,3)4/h10-13,16,18-19,21-22H,5-9,14-15H2,1-4H3,(H,27,29). The lowest BCUT2D eigenvalue weighted by Crippen LogP contribution is -2.46. The van der Waals surface area contributed by atoms with Crippen LogP contribution in [0.5, 0.6) is 0 Å². The van der Waals surface area contributed by atoms with E-state index in [0.717, 1.165) is 18.4 Å². The molecule has 0 spiro atoms. The van der Waals surface area contributed by atoms with E-state index < -0.39 is 29.8 Å². The average Bonchev–Trinajstić information content (AvgIpc) is 3.50. The molecule has 1 aliphatic carbocycles. The van der Waals surface area contributed by atoms with E-state index in [9.17, 15) is 14.0 Å². The number of esters is 1. The molecule has 1 heterocycles. The molecule has 7 heteroatoms. The summed E-state index contributed by atoms with van der Waals surface area (Å²) in [7, 11) is 0. The molecule has 4 atom stereocenters. The molecule has 0 aromatic heterocycles. The Morgan fingerprint density at radius 2 is 1.84 bits per heavy atom. The van der Waals surface area contributed by atoms with E-state index in [1.165, 1.54) is 25.0 Å². The van der Waals surface area contributed by atoms with Gasteiger partial charge in [0.15, 0.2) is 0 Å². The van der Waals surface area contributed by atoms with E-state index in [1.54, 1.807) is 32.9 Å². The van der Waals surface area contributed by atoms with Crippen molar-refractivity contribution in [1.82, 2.24) is 5.32 Å². The fourth-order valence-electron chi connectivity index (χ4n) is 4.11. The molecule has 1 aliphatic heterocycles. The fourth-order valence-corrected chi connectivity index (χ4v) is 4.11. The summed E-state index contributed by atoms with van der Waals surface area (Å²) < 4.78 is 30.7. The Hall–Kier alpha value is -2.15. The van der Waals surface area contributed by atoms with Crippen LogP contribution in [0.25, 0.3) is 0 Å². The fraction of sp³-hybridized carbons (Fsp3) is 0.680. The van der Waals surface area contributed by atoms with Crippen molar-refractivity contribution in [1.29, 1.82) is 0 Å². The molecule has 6 nitrogen and oxygen atoms in total. The Labute approximate surface area is 190 Å². The number of carbonyl (C=O) groups excluding carboxylic acids is 2. The summed E-state index contributed by atoms with van der Waals surface area (Å²) in [5.74, 6) is -0.0326. The second-order valence-corrected chi connectivity index (χ2v) is 10.1. The quantitative estimate of drug-likeness (QED) is 0.632. The van der Waals surface area contributed by atoms with Crippen LogP contribution in [0.15, 0.2) is 24.3 Å². The molecule has 0 bridgehead atoms. The number of nitrogens with one attached hydrogen (secondary N) is 1. The van der Waals surface area contributed by atoms with E-state index >= 15 is 0 Å². The van der Waals surface area contributed by atoms with Gasteiger partial charge in [-0.1, -0.05) is 18.6 Å². The molecular weight excluding hydrogens is 413 g/mol. The summed E-state index contributed by atoms with van der Waals surface area (Å²) in [5.41, 5.74) is 0.375. The monoisotopic (exact) mass is 449 g/mol. The van der Waals surface area contributed by atoms with E-state index in [0.29, 0.717) is 25.4 Å². The Morgan fingerprint density at radius 3 is 2.47 bits per heavy atom. The van der Waals surface area contributed by atoms with Crippen molar-refractivity contribution in [2.75, 3.05) is 6.61 Å². The number of amides is 1. The van der Waals surface area contributed by atoms with E-state index in [4.69, 9.17) is 14.2 Å². The first-order valence-electron chi connectivity index (χ1n) is 11.7. The number of halogens is 1. The van der Waals surface area contributed by atoms with Crippen molar-refractivity contribution < 1.29 is 28.2 Å². The van der Waals surface area contributed by atoms with Gasteiger partial charge in [0.05, 0.1) is 6.10 Å². The van der Waals surface area contributed by atoms with Crippen LogP contribution >= 0.6 is 0 Å². The van der Waals surface area contributed by atoms with Gasteiger partial charge in [-0.3, -0.25) is 0 Å². The molecule has 178 valence electrons. The molecule has 1 N–H and O–H groups in total. The largest absolute Gasteiger partial charge is 0.458 e. The predicted octanol–water partition coefficient (Wildman–Crippen LogP) is 4.79. The van der Waals surface area contributed by atoms with Gasteiger partial charge in [0.25, 0.3) is 0 Å². The van der Waals surface area contributed by atoms with Gasteiger partial charge in [0, 0.05) is 6.61 Å². The third-order valence-corrected chi connectivity index (χ3v) is 5.90. The molecule has 1 amide bonds. The van der Waals surface area contributed by atoms with Crippen molar-refractivity contribution in [3.05, 3.63) is 35.6 Å². The molecule has 0 radical (unpaired) electrons. The minimum atomic E-state index is -0.763. The summed E-state index contributed by atoms with van der Waals surface area (Å²) in [6.45, 7) is 7.84. The summed E-state index contributed by atoms with van der Waals surface area (Å²) in [5, 5.41) is 2.67. The zero-order chi connectivity index (χ0) is 23.3. The lowest BCUT2D eigenvalue weighted by molar-refractivity contribution is -0.161. The van der Waals surface area contributed by atoms with E-state index in [1.807, 2.05) is 6.92 Å². The van der Waals surface area contributed by atoms with Gasteiger partial charge < -0.3 is 19.5 Å². The zero-order valence-electron chi connectivity index (χ0n) is 19.6. The molecule has 3 rings (SSSR count). The Kier molecular flexibility index (Phi) is 8.15. The van der Waals surface area contributed by atoms with Crippen LogP contribution in [0.4, 0.5) is 9.18 Å². The lowest BCUT2D eigenvalue weighted by atomic mass is 9.87. The SMILES string of the molecule is CC1OC(=O)C(NC(=O)OC(C)(C)C)CCCC(Cc2ccc(F)cc2)C1OCC1CC1. The zero-order valence-corrected chi connectivity index (χ0v) is 19.6. The van der Waals surface area contributed by atoms with Gasteiger partial charge in [-0.15, -0.1) is 0 Å². The second-order valence-electron chi connectivity index (χ2n) is 10.1. The highest BCUT2D eigenvalue weighted by atomic mass is 19.1. The molecule has 32 heavy (non-hydrogen) atoms. The van der Waals surface area contributed by atoms with Crippen molar-refractivity contribution >= 4 is 12.1 Å². The van der Waals surface area contributed by atoms with Gasteiger partial charge >= 0.3 is 12.1 Å². The number of hydrogen-bond acceptors (Lipinski definition) is 5. The first-order valence-corrected chi connectivity index (χ1v) is 11.7. The number of rotatable bonds is 6. The molecule has 1 saturated heterocycles. The highest BCUT2D eigenvalue weighted by Gasteiger charge is 2.36. The van der Waals surface area contributed by atoms with Crippen LogP contribution in [0.2, 0.25) is 0 Å². The van der Waals surface area contributed by atoms with E-state index in [-0.39, 0.29) is 17.8 Å². The maximum Gasteiger partial charge on any atom is 0.408 e. The van der Waals surface area contributed by atoms with Crippen molar-refractivity contribution in [2.24, 2.45) is 11.8 Å². The molecule has 2 aliphatic rings. The summed E-state index contributed by atoms with van der Waals surface area (Å²) in [4.78, 5) is 25.1. The van der Waals surface area contributed by atoms with Gasteiger partial charge in [0.2, 0.25) is 0 Å². The van der Waals surface area contributed by atoms with Gasteiger partial charge in [-0.05, 0) is 89.3 Å². The smallest absolute Gasteiger partial charge is 0.408 e. The van der Waals surface area contributed by atoms with Crippen LogP contribution in [-0.4, -0.2) is 42.5 Å². The van der Waals surface area contributed by atoms with Crippen LogP contribution in [-0.2, 0) is 25.4 Å². The number of hydrogen-bond donors (Lipinski definition) is 1. The Bertz CT molecular complexity index is 772. The Morgan fingerprint density at radius 1 is 1.16 bits per heavy atom. The number of ether oxygens (including phenoxy) is 3. The van der Waals surface area contributed by atoms with Crippen LogP contribution in [0, 0.1) is 17.7 Å². The number of benzene rings is 1. The lowest BCUT2D eigenvalue weighted by Gasteiger charge is -2.31. The molecule has 1 aromatic carbocycles. The summed E-state index contributed by atoms with van der Waals surface area (Å²) >= 11 is 0. The number of alkyl carbamates (subject to hydrolysis) is 1. The minimum Gasteiger partial charge on any atom is -0.458 e. The van der Waals surface area contributed by atoms with Crippen molar-refractivity contribution in [2.45, 2.75) is 90.1 Å². The predicted molar refractivity (Wildman–Crippen MR) is 119 cm³/mol. The average molecular weight is 450 g/mol. The maximum absolute atomic E-state index is 13.4. The van der Waals surface area contributed by atoms with Gasteiger partial charge in [-0.2, -0.15) is 0 Å². The minimum absolute atomic E-state index is 0.113. The first kappa shape index (κ1) is 24.5. The highest BCUT2D eigenvalue weighted by Crippen LogP contribution is 2.33. The second kappa shape index (κ2) is 10.6. The number of carbonyl (C=O) groups is 2. The molecule has 2 fully saturated rings. The van der Waals surface area contributed by atoms with Gasteiger partial charge in [0.1, 0.15) is 23.6 Å². The molecular formula is C25H36FNO5. The Balaban J connectivity index is 1.71. The summed E-state index contributed by atoms with van der Waals surface area (Å²) in [6, 6.07) is 5.76. The van der Waals surface area contributed by atoms with Crippen molar-refractivity contribution in [3.63, 3.8) is 0 Å². The normalized spacial score (nSPS) is 27.0. The van der Waals surface area contributed by atoms with Crippen molar-refractivity contribution in [3.8, 4) is 0 Å². The third kappa shape index (κ3) is 7.76. The third-order valence-electron chi connectivity index (χ3n) is 5.90. The summed E-state index contributed by atoms with van der Waals surface area (Å²) in [6.07, 6.45) is 3.68. The van der Waals surface area contributed by atoms with E-state index in [2.05, 4.69) is 5.32 Å². The highest BCUT2D eigenvalue weighted by molar-refractivity contribution is 5.81. The topological polar surface area (TPSA) is 73.9 Å².